The van der Waals surface area contributed by atoms with Gasteiger partial charge in [-0.05, 0) is 62.1 Å². The summed E-state index contributed by atoms with van der Waals surface area (Å²) >= 11 is 6.21. The molecule has 208 valence electrons. The number of nitrogens with one attached hydrogen (secondary N) is 2. The fourth-order valence-electron chi connectivity index (χ4n) is 5.58. The van der Waals surface area contributed by atoms with Gasteiger partial charge in [-0.2, -0.15) is 0 Å². The predicted octanol–water partition coefficient (Wildman–Crippen LogP) is 3.64. The third-order valence-corrected chi connectivity index (χ3v) is 10.8. The lowest BCUT2D eigenvalue weighted by molar-refractivity contribution is -0.0633. The molecule has 2 unspecified atom stereocenters. The largest absolute Gasteiger partial charge is 0.389 e. The Labute approximate surface area is 223 Å². The third-order valence-electron chi connectivity index (χ3n) is 7.44. The second kappa shape index (κ2) is 10.4. The van der Waals surface area contributed by atoms with Crippen molar-refractivity contribution in [3.8, 4) is 0 Å². The molecule has 1 amide bonds. The number of amides is 1. The highest BCUT2D eigenvalue weighted by Crippen LogP contribution is 2.53. The van der Waals surface area contributed by atoms with Crippen molar-refractivity contribution in [1.29, 1.82) is 0 Å². The first kappa shape index (κ1) is 28.8. The van der Waals surface area contributed by atoms with Crippen LogP contribution >= 0.6 is 11.6 Å². The minimum Gasteiger partial charge on any atom is -0.389 e. The molecule has 0 aromatic heterocycles. The standard InChI is InChI=1S/C24H26ClF3N2O6S2/c1-37(33,34)29-7-6-24(32)14-3-4-15(24)10-17(9-14)38(35,36)21-8-13(2-5-18(21)25)23(31)30-16-11-19(26)22(28)20(27)12-16/h2,5,8,11-12,14-15,17,29,32H,3-4,6-7,9-10H2,1H3,(H,30,31). The van der Waals surface area contributed by atoms with E-state index in [1.54, 1.807) is 0 Å². The zero-order valence-electron chi connectivity index (χ0n) is 20.2. The lowest BCUT2D eigenvalue weighted by atomic mass is 9.72. The summed E-state index contributed by atoms with van der Waals surface area (Å²) < 4.78 is 92.6. The number of hydrogen-bond donors (Lipinski definition) is 3. The van der Waals surface area contributed by atoms with Gasteiger partial charge in [-0.1, -0.05) is 11.6 Å². The van der Waals surface area contributed by atoms with Crippen molar-refractivity contribution in [1.82, 2.24) is 4.72 Å². The quantitative estimate of drug-likeness (QED) is 0.400. The zero-order chi connectivity index (χ0) is 28.0. The van der Waals surface area contributed by atoms with E-state index in [0.717, 1.165) is 12.3 Å². The number of rotatable bonds is 8. The van der Waals surface area contributed by atoms with Crippen LogP contribution in [0.2, 0.25) is 5.02 Å². The fraction of sp³-hybridized carbons (Fsp3) is 0.458. The topological polar surface area (TPSA) is 130 Å². The summed E-state index contributed by atoms with van der Waals surface area (Å²) in [5.41, 5.74) is -1.71. The van der Waals surface area contributed by atoms with Crippen LogP contribution in [-0.4, -0.2) is 51.5 Å². The number of halogens is 4. The van der Waals surface area contributed by atoms with Gasteiger partial charge in [-0.15, -0.1) is 0 Å². The first-order valence-electron chi connectivity index (χ1n) is 11.8. The molecule has 0 heterocycles. The van der Waals surface area contributed by atoms with Crippen LogP contribution in [0, 0.1) is 29.3 Å². The number of aliphatic hydroxyl groups is 1. The average molecular weight is 595 g/mol. The van der Waals surface area contributed by atoms with E-state index in [9.17, 15) is 39.9 Å². The molecular weight excluding hydrogens is 569 g/mol. The van der Waals surface area contributed by atoms with Crippen LogP contribution in [0.4, 0.5) is 18.9 Å². The molecule has 8 nitrogen and oxygen atoms in total. The highest BCUT2D eigenvalue weighted by molar-refractivity contribution is 7.92. The zero-order valence-corrected chi connectivity index (χ0v) is 22.6. The molecule has 2 aliphatic rings. The highest BCUT2D eigenvalue weighted by Gasteiger charge is 2.55. The van der Waals surface area contributed by atoms with E-state index in [4.69, 9.17) is 11.6 Å². The monoisotopic (exact) mass is 594 g/mol. The first-order valence-corrected chi connectivity index (χ1v) is 15.6. The molecule has 2 aromatic carbocycles. The van der Waals surface area contributed by atoms with Gasteiger partial charge in [-0.25, -0.2) is 34.7 Å². The Hall–Kier alpha value is -2.19. The third kappa shape index (κ3) is 5.71. The second-order valence-corrected chi connectivity index (χ2v) is 14.3. The molecule has 3 N–H and O–H groups in total. The van der Waals surface area contributed by atoms with Crippen molar-refractivity contribution >= 4 is 43.1 Å². The molecular formula is C24H26ClF3N2O6S2. The SMILES string of the molecule is CS(=O)(=O)NCCC1(O)C2CCC1CC(S(=O)(=O)c1cc(C(=O)Nc3cc(F)c(F)c(F)c3)ccc1Cl)C2. The normalized spacial score (nSPS) is 25.4. The maximum atomic E-state index is 13.6. The number of carbonyl (C=O) groups excluding carboxylic acids is 1. The number of sulfone groups is 1. The van der Waals surface area contributed by atoms with E-state index >= 15 is 0 Å². The molecule has 4 rings (SSSR count). The molecule has 14 heteroatoms. The smallest absolute Gasteiger partial charge is 0.255 e. The second-order valence-electron chi connectivity index (χ2n) is 9.87. The Bertz CT molecular complexity index is 1450. The molecule has 2 aliphatic carbocycles. The van der Waals surface area contributed by atoms with Gasteiger partial charge in [0.05, 0.1) is 27.0 Å². The van der Waals surface area contributed by atoms with Gasteiger partial charge < -0.3 is 10.4 Å². The minimum atomic E-state index is -4.06. The number of benzene rings is 2. The Morgan fingerprint density at radius 3 is 2.18 bits per heavy atom. The van der Waals surface area contributed by atoms with Crippen LogP contribution in [0.5, 0.6) is 0 Å². The molecule has 0 aliphatic heterocycles. The van der Waals surface area contributed by atoms with E-state index < -0.39 is 54.1 Å². The summed E-state index contributed by atoms with van der Waals surface area (Å²) in [6.07, 6.45) is 2.62. The average Bonchev–Trinajstić information content (AvgIpc) is 2.98. The van der Waals surface area contributed by atoms with Gasteiger partial charge in [0.15, 0.2) is 27.3 Å². The van der Waals surface area contributed by atoms with Crippen molar-refractivity contribution in [3.63, 3.8) is 0 Å². The van der Waals surface area contributed by atoms with Crippen molar-refractivity contribution in [3.05, 3.63) is 58.4 Å². The summed E-state index contributed by atoms with van der Waals surface area (Å²) in [6.45, 7) is 0.0323. The minimum absolute atomic E-state index is 0.0323. The van der Waals surface area contributed by atoms with Crippen LogP contribution in [0.3, 0.4) is 0 Å². The van der Waals surface area contributed by atoms with Crippen LogP contribution in [0.25, 0.3) is 0 Å². The maximum Gasteiger partial charge on any atom is 0.255 e. The summed E-state index contributed by atoms with van der Waals surface area (Å²) in [7, 11) is -7.50. The fourth-order valence-corrected chi connectivity index (χ4v) is 8.46. The number of fused-ring (bicyclic) bond motifs is 2. The molecule has 2 atom stereocenters. The van der Waals surface area contributed by atoms with Crippen molar-refractivity contribution in [2.24, 2.45) is 11.8 Å². The molecule has 2 fully saturated rings. The number of hydrogen-bond acceptors (Lipinski definition) is 6. The molecule has 2 bridgehead atoms. The molecule has 38 heavy (non-hydrogen) atoms. The first-order chi connectivity index (χ1) is 17.6. The number of anilines is 1. The van der Waals surface area contributed by atoms with E-state index in [2.05, 4.69) is 10.0 Å². The number of sulfonamides is 1. The van der Waals surface area contributed by atoms with Gasteiger partial charge in [0.1, 0.15) is 0 Å². The van der Waals surface area contributed by atoms with Crippen molar-refractivity contribution in [2.75, 3.05) is 18.1 Å². The molecule has 0 spiro atoms. The van der Waals surface area contributed by atoms with Gasteiger partial charge in [0.25, 0.3) is 5.91 Å². The van der Waals surface area contributed by atoms with E-state index in [-0.39, 0.29) is 58.8 Å². The van der Waals surface area contributed by atoms with E-state index in [0.29, 0.717) is 25.0 Å². The van der Waals surface area contributed by atoms with Crippen molar-refractivity contribution in [2.45, 2.75) is 47.9 Å². The Balaban J connectivity index is 1.53. The maximum absolute atomic E-state index is 13.6. The molecule has 2 saturated carbocycles. The molecule has 0 saturated heterocycles. The Morgan fingerprint density at radius 1 is 1.05 bits per heavy atom. The summed E-state index contributed by atoms with van der Waals surface area (Å²) in [5.74, 6) is -6.31. The number of carbonyl (C=O) groups is 1. The molecule has 0 radical (unpaired) electrons. The Morgan fingerprint density at radius 2 is 1.63 bits per heavy atom. The Kier molecular flexibility index (Phi) is 7.90. The highest BCUT2D eigenvalue weighted by atomic mass is 35.5. The molecule has 2 aromatic rings. The summed E-state index contributed by atoms with van der Waals surface area (Å²) in [4.78, 5) is 12.4. The summed E-state index contributed by atoms with van der Waals surface area (Å²) in [5, 5.41) is 12.5. The van der Waals surface area contributed by atoms with E-state index in [1.807, 2.05) is 0 Å². The van der Waals surface area contributed by atoms with Gasteiger partial charge in [-0.3, -0.25) is 4.79 Å². The van der Waals surface area contributed by atoms with Crippen LogP contribution in [0.15, 0.2) is 35.2 Å². The van der Waals surface area contributed by atoms with Crippen LogP contribution in [0.1, 0.15) is 42.5 Å². The van der Waals surface area contributed by atoms with Gasteiger partial charge >= 0.3 is 0 Å². The van der Waals surface area contributed by atoms with Crippen LogP contribution < -0.4 is 10.0 Å². The lowest BCUT2D eigenvalue weighted by Gasteiger charge is -2.42. The van der Waals surface area contributed by atoms with Crippen molar-refractivity contribution < 1.29 is 39.9 Å². The lowest BCUT2D eigenvalue weighted by Crippen LogP contribution is -2.49. The van der Waals surface area contributed by atoms with E-state index in [1.165, 1.54) is 12.1 Å². The van der Waals surface area contributed by atoms with Gasteiger partial charge in [0.2, 0.25) is 10.0 Å². The summed E-state index contributed by atoms with van der Waals surface area (Å²) in [6, 6.07) is 4.72. The predicted molar refractivity (Wildman–Crippen MR) is 135 cm³/mol. The van der Waals surface area contributed by atoms with Crippen LogP contribution in [-0.2, 0) is 19.9 Å². The van der Waals surface area contributed by atoms with Gasteiger partial charge in [0, 0.05) is 29.9 Å².